The van der Waals surface area contributed by atoms with Crippen LogP contribution in [0, 0.1) is 0 Å². The maximum atomic E-state index is 10.4. The van der Waals surface area contributed by atoms with Gasteiger partial charge >= 0.3 is 16.4 Å². The van der Waals surface area contributed by atoms with E-state index in [4.69, 9.17) is 22.6 Å². The standard InChI is InChI=1S/C10H9NO2.H2O4S/c12-10(13)6-8-5-7-3-1-2-4-9(7)11-8;1-5(2,3)4/h1-5,11H,6H2,(H,12,13);(H2,1,2,3,4). The van der Waals surface area contributed by atoms with E-state index in [1.165, 1.54) is 0 Å². The van der Waals surface area contributed by atoms with Crippen LogP contribution in [-0.4, -0.2) is 33.6 Å². The lowest BCUT2D eigenvalue weighted by Crippen LogP contribution is -1.99. The van der Waals surface area contributed by atoms with Crippen molar-refractivity contribution < 1.29 is 27.4 Å². The molecule has 0 saturated carbocycles. The van der Waals surface area contributed by atoms with Gasteiger partial charge in [-0.3, -0.25) is 13.9 Å². The first kappa shape index (κ1) is 14.2. The Morgan fingerprint density at radius 2 is 1.78 bits per heavy atom. The van der Waals surface area contributed by atoms with Gasteiger partial charge in [-0.1, -0.05) is 18.2 Å². The predicted molar refractivity (Wildman–Crippen MR) is 63.8 cm³/mol. The Morgan fingerprint density at radius 3 is 2.28 bits per heavy atom. The third-order valence-electron chi connectivity index (χ3n) is 1.93. The molecule has 2 rings (SSSR count). The monoisotopic (exact) mass is 273 g/mol. The molecular formula is C10H11NO6S. The van der Waals surface area contributed by atoms with Gasteiger partial charge in [0.1, 0.15) is 0 Å². The highest BCUT2D eigenvalue weighted by Gasteiger charge is 2.03. The minimum Gasteiger partial charge on any atom is -0.481 e. The number of nitrogens with one attached hydrogen (secondary N) is 1. The van der Waals surface area contributed by atoms with E-state index in [0.717, 1.165) is 16.6 Å². The summed E-state index contributed by atoms with van der Waals surface area (Å²) in [5.74, 6) is -0.813. The van der Waals surface area contributed by atoms with Crippen molar-refractivity contribution in [3.8, 4) is 0 Å². The summed E-state index contributed by atoms with van der Waals surface area (Å²) in [4.78, 5) is 13.5. The third-order valence-corrected chi connectivity index (χ3v) is 1.93. The second-order valence-electron chi connectivity index (χ2n) is 3.40. The second-order valence-corrected chi connectivity index (χ2v) is 4.30. The van der Waals surface area contributed by atoms with Crippen molar-refractivity contribution >= 4 is 27.3 Å². The molecule has 0 fully saturated rings. The van der Waals surface area contributed by atoms with Crippen LogP contribution in [0.2, 0.25) is 0 Å². The van der Waals surface area contributed by atoms with E-state index in [-0.39, 0.29) is 6.42 Å². The summed E-state index contributed by atoms with van der Waals surface area (Å²) in [6.45, 7) is 0. The molecule has 1 heterocycles. The Hall–Kier alpha value is -1.90. The van der Waals surface area contributed by atoms with Crippen molar-refractivity contribution in [2.45, 2.75) is 6.42 Å². The average Bonchev–Trinajstić information content (AvgIpc) is 2.55. The van der Waals surface area contributed by atoms with Crippen LogP contribution in [-0.2, 0) is 21.6 Å². The van der Waals surface area contributed by atoms with Crippen LogP contribution >= 0.6 is 0 Å². The van der Waals surface area contributed by atoms with Crippen LogP contribution in [0.4, 0.5) is 0 Å². The number of aromatic amines is 1. The molecule has 8 heteroatoms. The molecule has 98 valence electrons. The third kappa shape index (κ3) is 5.43. The summed E-state index contributed by atoms with van der Waals surface area (Å²) in [6, 6.07) is 9.60. The maximum Gasteiger partial charge on any atom is 0.394 e. The van der Waals surface area contributed by atoms with E-state index in [1.807, 2.05) is 30.3 Å². The van der Waals surface area contributed by atoms with E-state index in [9.17, 15) is 4.79 Å². The molecule has 0 radical (unpaired) electrons. The van der Waals surface area contributed by atoms with Gasteiger partial charge in [0.15, 0.2) is 0 Å². The zero-order chi connectivity index (χ0) is 13.8. The SMILES string of the molecule is O=C(O)Cc1cc2ccccc2[nH]1.O=S(=O)(O)O. The van der Waals surface area contributed by atoms with Crippen LogP contribution in [0.1, 0.15) is 5.69 Å². The van der Waals surface area contributed by atoms with Gasteiger partial charge in [-0.25, -0.2) is 0 Å². The topological polar surface area (TPSA) is 128 Å². The van der Waals surface area contributed by atoms with Gasteiger partial charge in [0.2, 0.25) is 0 Å². The molecule has 18 heavy (non-hydrogen) atoms. The molecule has 0 aliphatic carbocycles. The van der Waals surface area contributed by atoms with Crippen molar-refractivity contribution in [3.05, 3.63) is 36.0 Å². The zero-order valence-electron chi connectivity index (χ0n) is 9.07. The first-order valence-electron chi connectivity index (χ1n) is 4.74. The van der Waals surface area contributed by atoms with Crippen LogP contribution < -0.4 is 0 Å². The smallest absolute Gasteiger partial charge is 0.394 e. The molecule has 4 N–H and O–H groups in total. The quantitative estimate of drug-likeness (QED) is 0.607. The number of carboxylic acids is 1. The summed E-state index contributed by atoms with van der Waals surface area (Å²) in [7, 11) is -4.67. The number of H-pyrrole nitrogens is 1. The molecule has 0 aliphatic heterocycles. The van der Waals surface area contributed by atoms with Crippen LogP contribution in [0.3, 0.4) is 0 Å². The first-order chi connectivity index (χ1) is 8.25. The van der Waals surface area contributed by atoms with E-state index in [2.05, 4.69) is 4.98 Å². The molecule has 0 unspecified atom stereocenters. The number of para-hydroxylation sites is 1. The maximum absolute atomic E-state index is 10.4. The fourth-order valence-corrected chi connectivity index (χ4v) is 1.39. The number of fused-ring (bicyclic) bond motifs is 1. The minimum atomic E-state index is -4.67. The molecule has 0 bridgehead atoms. The number of aliphatic carboxylic acids is 1. The number of aromatic nitrogens is 1. The molecule has 0 spiro atoms. The highest BCUT2D eigenvalue weighted by Crippen LogP contribution is 2.14. The fraction of sp³-hybridized carbons (Fsp3) is 0.100. The van der Waals surface area contributed by atoms with Gasteiger partial charge in [0.25, 0.3) is 0 Å². The van der Waals surface area contributed by atoms with Crippen LogP contribution in [0.5, 0.6) is 0 Å². The van der Waals surface area contributed by atoms with E-state index in [0.29, 0.717) is 0 Å². The van der Waals surface area contributed by atoms with Gasteiger partial charge in [0, 0.05) is 11.2 Å². The zero-order valence-corrected chi connectivity index (χ0v) is 9.88. The minimum absolute atomic E-state index is 0.0503. The molecule has 1 aromatic carbocycles. The molecule has 7 nitrogen and oxygen atoms in total. The number of benzene rings is 1. The Kier molecular flexibility index (Phi) is 4.43. The van der Waals surface area contributed by atoms with Crippen molar-refractivity contribution in [1.29, 1.82) is 0 Å². The van der Waals surface area contributed by atoms with Gasteiger partial charge in [-0.2, -0.15) is 8.42 Å². The molecule has 0 atom stereocenters. The average molecular weight is 273 g/mol. The lowest BCUT2D eigenvalue weighted by Gasteiger charge is -1.88. The van der Waals surface area contributed by atoms with Crippen LogP contribution in [0.15, 0.2) is 30.3 Å². The Balaban J connectivity index is 0.000000280. The lowest BCUT2D eigenvalue weighted by molar-refractivity contribution is -0.136. The van der Waals surface area contributed by atoms with Gasteiger partial charge < -0.3 is 10.1 Å². The molecule has 2 aromatic rings. The summed E-state index contributed by atoms with van der Waals surface area (Å²) >= 11 is 0. The molecule has 0 saturated heterocycles. The number of hydrogen-bond donors (Lipinski definition) is 4. The number of hydrogen-bond acceptors (Lipinski definition) is 3. The summed E-state index contributed by atoms with van der Waals surface area (Å²) in [5.41, 5.74) is 1.73. The van der Waals surface area contributed by atoms with Crippen molar-refractivity contribution in [1.82, 2.24) is 4.98 Å². The van der Waals surface area contributed by atoms with Crippen molar-refractivity contribution in [2.24, 2.45) is 0 Å². The Bertz CT molecular complexity index is 604. The van der Waals surface area contributed by atoms with Gasteiger partial charge in [-0.05, 0) is 17.5 Å². The normalized spacial score (nSPS) is 10.8. The highest BCUT2D eigenvalue weighted by atomic mass is 32.3. The largest absolute Gasteiger partial charge is 0.481 e. The molecule has 0 amide bonds. The summed E-state index contributed by atoms with van der Waals surface area (Å²) < 4.78 is 31.6. The van der Waals surface area contributed by atoms with E-state index >= 15 is 0 Å². The number of rotatable bonds is 2. The number of carbonyl (C=O) groups is 1. The second kappa shape index (κ2) is 5.63. The Labute approximate surface area is 103 Å². The van der Waals surface area contributed by atoms with Crippen molar-refractivity contribution in [2.75, 3.05) is 0 Å². The first-order valence-corrected chi connectivity index (χ1v) is 6.13. The lowest BCUT2D eigenvalue weighted by atomic mass is 10.2. The molecular weight excluding hydrogens is 262 g/mol. The fourth-order valence-electron chi connectivity index (χ4n) is 1.39. The highest BCUT2D eigenvalue weighted by molar-refractivity contribution is 7.79. The summed E-state index contributed by atoms with van der Waals surface area (Å²) in [5, 5.41) is 9.63. The Morgan fingerprint density at radius 1 is 1.22 bits per heavy atom. The van der Waals surface area contributed by atoms with Crippen molar-refractivity contribution in [3.63, 3.8) is 0 Å². The van der Waals surface area contributed by atoms with E-state index < -0.39 is 16.4 Å². The van der Waals surface area contributed by atoms with Gasteiger partial charge in [0.05, 0.1) is 6.42 Å². The van der Waals surface area contributed by atoms with E-state index in [1.54, 1.807) is 0 Å². The summed E-state index contributed by atoms with van der Waals surface area (Å²) in [6.07, 6.45) is 0.0503. The molecule has 0 aliphatic rings. The van der Waals surface area contributed by atoms with Gasteiger partial charge in [-0.15, -0.1) is 0 Å². The number of carboxylic acid groups (broad SMARTS) is 1. The molecule has 1 aromatic heterocycles. The predicted octanol–water partition coefficient (Wildman–Crippen LogP) is 1.14. The van der Waals surface area contributed by atoms with Crippen LogP contribution in [0.25, 0.3) is 10.9 Å².